The summed E-state index contributed by atoms with van der Waals surface area (Å²) in [6.45, 7) is 6.68. The van der Waals surface area contributed by atoms with Crippen molar-refractivity contribution in [3.8, 4) is 11.4 Å². The molecule has 0 saturated carbocycles. The van der Waals surface area contributed by atoms with Crippen molar-refractivity contribution in [3.05, 3.63) is 80.5 Å². The quantitative estimate of drug-likeness (QED) is 0.213. The maximum Gasteiger partial charge on any atom is 0.239 e. The third kappa shape index (κ3) is 9.22. The van der Waals surface area contributed by atoms with Crippen molar-refractivity contribution in [3.63, 3.8) is 0 Å². The second-order valence-corrected chi connectivity index (χ2v) is 12.7. The van der Waals surface area contributed by atoms with Crippen LogP contribution in [0.15, 0.2) is 54.7 Å². The lowest BCUT2D eigenvalue weighted by Crippen LogP contribution is -2.31. The van der Waals surface area contributed by atoms with Gasteiger partial charge in [0.1, 0.15) is 0 Å². The number of rotatable bonds is 8. The fraction of sp³-hybridized carbons (Fsp3) is 0.355. The van der Waals surface area contributed by atoms with Crippen molar-refractivity contribution >= 4 is 69.9 Å². The van der Waals surface area contributed by atoms with Crippen LogP contribution in [0.25, 0.3) is 11.4 Å². The summed E-state index contributed by atoms with van der Waals surface area (Å²) < 4.78 is 3.31. The molecule has 2 N–H and O–H groups in total. The first kappa shape index (κ1) is 33.2. The van der Waals surface area contributed by atoms with Crippen molar-refractivity contribution in [1.82, 2.24) is 29.4 Å². The van der Waals surface area contributed by atoms with Gasteiger partial charge in [-0.2, -0.15) is 5.10 Å². The van der Waals surface area contributed by atoms with Crippen LogP contribution in [-0.4, -0.2) is 80.4 Å². The van der Waals surface area contributed by atoms with Crippen LogP contribution < -0.4 is 10.6 Å². The topological polar surface area (TPSA) is 100 Å². The number of nitrogens with one attached hydrogen (secondary N) is 2. The monoisotopic (exact) mass is 690 g/mol. The van der Waals surface area contributed by atoms with E-state index in [2.05, 4.69) is 30.6 Å². The Morgan fingerprint density at radius 3 is 1.73 bits per heavy atom. The zero-order valence-corrected chi connectivity index (χ0v) is 27.8. The van der Waals surface area contributed by atoms with Crippen molar-refractivity contribution in [2.24, 2.45) is 0 Å². The van der Waals surface area contributed by atoms with Crippen molar-refractivity contribution in [2.45, 2.75) is 32.6 Å². The highest BCUT2D eigenvalue weighted by molar-refractivity contribution is 6.36. The van der Waals surface area contributed by atoms with Crippen LogP contribution in [0, 0.1) is 6.92 Å². The second-order valence-electron chi connectivity index (χ2n) is 11.0. The number of hydrogen-bond donors (Lipinski definition) is 2. The lowest BCUT2D eigenvalue weighted by atomic mass is 10.3. The fourth-order valence-electron chi connectivity index (χ4n) is 5.28. The number of aryl methyl sites for hydroxylation is 1. The molecule has 2 aromatic carbocycles. The Hall–Kier alpha value is -3.12. The molecule has 2 aromatic heterocycles. The van der Waals surface area contributed by atoms with E-state index >= 15 is 0 Å². The number of aromatic nitrogens is 4. The molecule has 0 atom stereocenters. The molecule has 0 unspecified atom stereocenters. The molecule has 2 aliphatic heterocycles. The molecule has 4 aromatic rings. The number of carbonyl (C=O) groups is 2. The fourth-order valence-corrected chi connectivity index (χ4v) is 6.26. The second kappa shape index (κ2) is 15.4. The number of nitrogens with zero attached hydrogens (tertiary/aromatic N) is 6. The number of hydrogen-bond acceptors (Lipinski definition) is 6. The molecular weight excluding hydrogens is 658 g/mol. The van der Waals surface area contributed by atoms with Gasteiger partial charge in [0.25, 0.3) is 0 Å². The number of benzene rings is 2. The summed E-state index contributed by atoms with van der Waals surface area (Å²) in [4.78, 5) is 28.4. The summed E-state index contributed by atoms with van der Waals surface area (Å²) in [6, 6.07) is 14.0. The van der Waals surface area contributed by atoms with Crippen LogP contribution in [0.1, 0.15) is 31.4 Å². The minimum Gasteiger partial charge on any atom is -0.308 e. The van der Waals surface area contributed by atoms with E-state index in [1.807, 2.05) is 13.0 Å². The van der Waals surface area contributed by atoms with Crippen molar-refractivity contribution < 1.29 is 9.59 Å². The molecule has 0 bridgehead atoms. The predicted molar refractivity (Wildman–Crippen MR) is 181 cm³/mol. The number of carbonyl (C=O) groups excluding carboxylic acids is 2. The molecule has 14 heteroatoms. The van der Waals surface area contributed by atoms with Crippen LogP contribution in [0.5, 0.6) is 0 Å². The van der Waals surface area contributed by atoms with Crippen LogP contribution in [-0.2, 0) is 9.59 Å². The molecule has 2 amide bonds. The lowest BCUT2D eigenvalue weighted by molar-refractivity contribution is -0.117. The molecule has 4 heterocycles. The smallest absolute Gasteiger partial charge is 0.239 e. The molecule has 0 spiro atoms. The molecule has 10 nitrogen and oxygen atoms in total. The highest BCUT2D eigenvalue weighted by atomic mass is 35.5. The standard InChI is InChI=1S/C16H18Cl2N4O.C15H16Cl2N4O/c1-11-8-15(19-16(23)10-21-6-2-3-7-21)20-22(11)14-5-4-12(17)9-13(14)18;16-11-3-4-13(12(17)9-11)21-8-5-14(19-21)18-15(22)10-20-6-1-2-7-20/h4-5,8-9H,2-3,6-7,10H2,1H3,(H,19,20,23);3-5,8-9H,1-2,6-7,10H2,(H,18,19,22). The number of anilines is 2. The van der Waals surface area contributed by atoms with Gasteiger partial charge in [0.15, 0.2) is 11.6 Å². The largest absolute Gasteiger partial charge is 0.308 e. The SMILES string of the molecule is Cc1cc(NC(=O)CN2CCCC2)nn1-c1ccc(Cl)cc1Cl.O=C(CN1CCCC1)Nc1ccn(-c2ccc(Cl)cc2Cl)n1. The molecule has 2 fully saturated rings. The van der Waals surface area contributed by atoms with Crippen molar-refractivity contribution in [1.29, 1.82) is 0 Å². The summed E-state index contributed by atoms with van der Waals surface area (Å²) in [5.74, 6) is 0.945. The highest BCUT2D eigenvalue weighted by Gasteiger charge is 2.18. The molecular formula is C31H34Cl4N8O2. The van der Waals surface area contributed by atoms with Gasteiger partial charge in [0, 0.05) is 34.1 Å². The van der Waals surface area contributed by atoms with Gasteiger partial charge in [-0.15, -0.1) is 5.10 Å². The first-order valence-electron chi connectivity index (χ1n) is 14.7. The molecule has 0 radical (unpaired) electrons. The van der Waals surface area contributed by atoms with Gasteiger partial charge in [-0.05, 0) is 95.2 Å². The minimum absolute atomic E-state index is 0.0428. The Bertz CT molecular complexity index is 1640. The van der Waals surface area contributed by atoms with Gasteiger partial charge in [-0.3, -0.25) is 19.4 Å². The molecule has 45 heavy (non-hydrogen) atoms. The van der Waals surface area contributed by atoms with E-state index in [9.17, 15) is 9.59 Å². The molecule has 0 aliphatic carbocycles. The van der Waals surface area contributed by atoms with Gasteiger partial charge in [-0.1, -0.05) is 46.4 Å². The molecule has 6 rings (SSSR count). The van der Waals surface area contributed by atoms with E-state index in [1.54, 1.807) is 58.0 Å². The molecule has 238 valence electrons. The number of halogens is 4. The average Bonchev–Trinajstić information content (AvgIpc) is 3.80. The van der Waals surface area contributed by atoms with Gasteiger partial charge >= 0.3 is 0 Å². The third-order valence-corrected chi connectivity index (χ3v) is 8.51. The van der Waals surface area contributed by atoms with Gasteiger partial charge < -0.3 is 10.6 Å². The predicted octanol–water partition coefficient (Wildman–Crippen LogP) is 6.74. The van der Waals surface area contributed by atoms with E-state index in [-0.39, 0.29) is 11.8 Å². The molecule has 2 saturated heterocycles. The normalized spacial score (nSPS) is 15.1. The van der Waals surface area contributed by atoms with Crippen LogP contribution in [0.4, 0.5) is 11.6 Å². The summed E-state index contributed by atoms with van der Waals surface area (Å²) in [7, 11) is 0. The van der Waals surface area contributed by atoms with Gasteiger partial charge in [0.2, 0.25) is 11.8 Å². The van der Waals surface area contributed by atoms with E-state index in [4.69, 9.17) is 46.4 Å². The van der Waals surface area contributed by atoms with Crippen molar-refractivity contribution in [2.75, 3.05) is 49.9 Å². The first-order valence-corrected chi connectivity index (χ1v) is 16.2. The summed E-state index contributed by atoms with van der Waals surface area (Å²) >= 11 is 24.2. The Balaban J connectivity index is 0.000000178. The van der Waals surface area contributed by atoms with Crippen LogP contribution in [0.2, 0.25) is 20.1 Å². The Morgan fingerprint density at radius 2 is 1.20 bits per heavy atom. The van der Waals surface area contributed by atoms with Crippen LogP contribution in [0.3, 0.4) is 0 Å². The zero-order chi connectivity index (χ0) is 31.9. The zero-order valence-electron chi connectivity index (χ0n) is 24.8. The first-order chi connectivity index (χ1) is 21.6. The van der Waals surface area contributed by atoms with E-state index in [0.717, 1.165) is 63.2 Å². The Labute approximate surface area is 282 Å². The maximum atomic E-state index is 12.1. The summed E-state index contributed by atoms with van der Waals surface area (Å²) in [5, 5.41) is 16.6. The van der Waals surface area contributed by atoms with Gasteiger partial charge in [0.05, 0.1) is 34.5 Å². The van der Waals surface area contributed by atoms with E-state index in [1.165, 1.54) is 0 Å². The summed E-state index contributed by atoms with van der Waals surface area (Å²) in [6.07, 6.45) is 6.40. The van der Waals surface area contributed by atoms with E-state index < -0.39 is 0 Å². The maximum absolute atomic E-state index is 12.1. The summed E-state index contributed by atoms with van der Waals surface area (Å²) in [5.41, 5.74) is 2.32. The Morgan fingerprint density at radius 1 is 0.689 bits per heavy atom. The molecule has 2 aliphatic rings. The Kier molecular flexibility index (Phi) is 11.4. The minimum atomic E-state index is -0.0469. The average molecular weight is 692 g/mol. The number of likely N-dealkylation sites (tertiary alicyclic amines) is 2. The third-order valence-electron chi connectivity index (χ3n) is 7.44. The van der Waals surface area contributed by atoms with Gasteiger partial charge in [-0.25, -0.2) is 9.36 Å². The lowest BCUT2D eigenvalue weighted by Gasteiger charge is -2.13. The number of amides is 2. The van der Waals surface area contributed by atoms with Crippen LogP contribution >= 0.6 is 46.4 Å². The highest BCUT2D eigenvalue weighted by Crippen LogP contribution is 2.27. The van der Waals surface area contributed by atoms with E-state index in [0.29, 0.717) is 50.5 Å².